The standard InChI is InChI=1S/C16H31F3S/c17-16(18,19)14-12-10-8-6-4-2-1-3-5-7-9-11-13-15-20/h20H,1-15H2. The van der Waals surface area contributed by atoms with Crippen molar-refractivity contribution in [2.24, 2.45) is 0 Å². The normalized spacial score (nSPS) is 12.0. The molecule has 0 aliphatic heterocycles. The van der Waals surface area contributed by atoms with Crippen molar-refractivity contribution in [2.45, 2.75) is 96.1 Å². The lowest BCUT2D eigenvalue weighted by Crippen LogP contribution is -2.06. The summed E-state index contributed by atoms with van der Waals surface area (Å²) in [6, 6.07) is 0. The smallest absolute Gasteiger partial charge is 0.179 e. The van der Waals surface area contributed by atoms with Crippen molar-refractivity contribution >= 4 is 12.6 Å². The number of hydrogen-bond donors (Lipinski definition) is 1. The van der Waals surface area contributed by atoms with E-state index < -0.39 is 12.6 Å². The first-order valence-electron chi connectivity index (χ1n) is 8.24. The third kappa shape index (κ3) is 18.1. The summed E-state index contributed by atoms with van der Waals surface area (Å²) in [7, 11) is 0. The lowest BCUT2D eigenvalue weighted by Gasteiger charge is -2.05. The van der Waals surface area contributed by atoms with Gasteiger partial charge >= 0.3 is 6.18 Å². The SMILES string of the molecule is FC(F)(F)CCCCCCCCCCCCCCCS. The van der Waals surface area contributed by atoms with Crippen LogP contribution in [0.2, 0.25) is 0 Å². The van der Waals surface area contributed by atoms with Gasteiger partial charge in [0.1, 0.15) is 0 Å². The van der Waals surface area contributed by atoms with E-state index in [2.05, 4.69) is 12.6 Å². The Morgan fingerprint density at radius 2 is 0.800 bits per heavy atom. The molecule has 0 unspecified atom stereocenters. The molecule has 0 saturated heterocycles. The molecule has 0 rings (SSSR count). The molecule has 0 atom stereocenters. The van der Waals surface area contributed by atoms with Gasteiger partial charge in [-0.15, -0.1) is 0 Å². The second kappa shape index (κ2) is 14.1. The van der Waals surface area contributed by atoms with Crippen molar-refractivity contribution in [3.05, 3.63) is 0 Å². The van der Waals surface area contributed by atoms with Gasteiger partial charge in [0.2, 0.25) is 0 Å². The van der Waals surface area contributed by atoms with E-state index in [0.29, 0.717) is 6.42 Å². The minimum absolute atomic E-state index is 0.301. The molecule has 0 aromatic carbocycles. The molecule has 0 fully saturated rings. The molecular weight excluding hydrogens is 281 g/mol. The predicted molar refractivity (Wildman–Crippen MR) is 84.5 cm³/mol. The van der Waals surface area contributed by atoms with Crippen molar-refractivity contribution in [3.63, 3.8) is 0 Å². The van der Waals surface area contributed by atoms with Crippen LogP contribution in [0.15, 0.2) is 0 Å². The van der Waals surface area contributed by atoms with Crippen molar-refractivity contribution in [3.8, 4) is 0 Å². The molecule has 0 radical (unpaired) electrons. The number of unbranched alkanes of at least 4 members (excludes halogenated alkanes) is 12. The summed E-state index contributed by atoms with van der Waals surface area (Å²) < 4.78 is 35.7. The van der Waals surface area contributed by atoms with Crippen molar-refractivity contribution < 1.29 is 13.2 Å². The molecule has 0 spiro atoms. The van der Waals surface area contributed by atoms with Gasteiger partial charge in [0.05, 0.1) is 0 Å². The van der Waals surface area contributed by atoms with E-state index >= 15 is 0 Å². The monoisotopic (exact) mass is 312 g/mol. The number of alkyl halides is 3. The second-order valence-corrected chi connectivity index (χ2v) is 6.13. The van der Waals surface area contributed by atoms with Crippen LogP contribution in [-0.2, 0) is 0 Å². The molecule has 122 valence electrons. The summed E-state index contributed by atoms with van der Waals surface area (Å²) in [6.45, 7) is 0. The molecule has 0 aliphatic carbocycles. The van der Waals surface area contributed by atoms with E-state index in [9.17, 15) is 13.2 Å². The van der Waals surface area contributed by atoms with E-state index in [1.165, 1.54) is 57.8 Å². The minimum atomic E-state index is -3.97. The molecule has 0 bridgehead atoms. The lowest BCUT2D eigenvalue weighted by atomic mass is 10.0. The fraction of sp³-hybridized carbons (Fsp3) is 1.00. The lowest BCUT2D eigenvalue weighted by molar-refractivity contribution is -0.135. The molecule has 0 N–H and O–H groups in total. The number of thiol groups is 1. The first kappa shape index (κ1) is 20.1. The van der Waals surface area contributed by atoms with Crippen LogP contribution in [-0.4, -0.2) is 11.9 Å². The van der Waals surface area contributed by atoms with Gasteiger partial charge in [-0.3, -0.25) is 0 Å². The van der Waals surface area contributed by atoms with Crippen LogP contribution in [0.1, 0.15) is 89.9 Å². The third-order valence-electron chi connectivity index (χ3n) is 3.62. The third-order valence-corrected chi connectivity index (χ3v) is 3.93. The first-order valence-corrected chi connectivity index (χ1v) is 8.87. The molecule has 0 aromatic heterocycles. The summed E-state index contributed by atoms with van der Waals surface area (Å²) in [4.78, 5) is 0. The van der Waals surface area contributed by atoms with E-state index in [-0.39, 0.29) is 0 Å². The van der Waals surface area contributed by atoms with E-state index in [4.69, 9.17) is 0 Å². The Hall–Kier alpha value is 0.140. The average Bonchev–Trinajstić information content (AvgIpc) is 2.38. The Labute approximate surface area is 128 Å². The highest BCUT2D eigenvalue weighted by atomic mass is 32.1. The Morgan fingerprint density at radius 1 is 0.500 bits per heavy atom. The van der Waals surface area contributed by atoms with Crippen LogP contribution in [0, 0.1) is 0 Å². The van der Waals surface area contributed by atoms with E-state index in [1.807, 2.05) is 0 Å². The van der Waals surface area contributed by atoms with Gasteiger partial charge in [-0.25, -0.2) is 0 Å². The maximum atomic E-state index is 11.9. The Balaban J connectivity index is 2.99. The predicted octanol–water partition coefficient (Wildman–Crippen LogP) is 6.94. The van der Waals surface area contributed by atoms with Gasteiger partial charge < -0.3 is 0 Å². The van der Waals surface area contributed by atoms with Gasteiger partial charge in [0.25, 0.3) is 0 Å². The highest BCUT2D eigenvalue weighted by molar-refractivity contribution is 7.80. The molecule has 0 heterocycles. The average molecular weight is 312 g/mol. The number of halogens is 3. The molecule has 0 amide bonds. The van der Waals surface area contributed by atoms with Crippen LogP contribution in [0.5, 0.6) is 0 Å². The van der Waals surface area contributed by atoms with Gasteiger partial charge in [0, 0.05) is 6.42 Å². The van der Waals surface area contributed by atoms with Crippen molar-refractivity contribution in [1.29, 1.82) is 0 Å². The zero-order chi connectivity index (χ0) is 15.1. The summed E-state index contributed by atoms with van der Waals surface area (Å²) in [6.07, 6.45) is 10.1. The highest BCUT2D eigenvalue weighted by Gasteiger charge is 2.25. The molecule has 0 aliphatic rings. The van der Waals surface area contributed by atoms with Crippen molar-refractivity contribution in [1.82, 2.24) is 0 Å². The summed E-state index contributed by atoms with van der Waals surface area (Å²) in [5, 5.41) is 0. The van der Waals surface area contributed by atoms with Gasteiger partial charge in [-0.1, -0.05) is 70.6 Å². The fourth-order valence-corrected chi connectivity index (χ4v) is 2.61. The second-order valence-electron chi connectivity index (χ2n) is 5.68. The van der Waals surface area contributed by atoms with Crippen molar-refractivity contribution in [2.75, 3.05) is 5.75 Å². The Bertz CT molecular complexity index is 193. The highest BCUT2D eigenvalue weighted by Crippen LogP contribution is 2.23. The largest absolute Gasteiger partial charge is 0.389 e. The molecule has 0 aromatic rings. The maximum Gasteiger partial charge on any atom is 0.389 e. The first-order chi connectivity index (χ1) is 9.56. The summed E-state index contributed by atoms with van der Waals surface area (Å²) in [5.74, 6) is 1.00. The van der Waals surface area contributed by atoms with Gasteiger partial charge in [-0.2, -0.15) is 25.8 Å². The quantitative estimate of drug-likeness (QED) is 0.260. The van der Waals surface area contributed by atoms with Crippen LogP contribution in [0.4, 0.5) is 13.2 Å². The zero-order valence-corrected chi connectivity index (χ0v) is 13.6. The van der Waals surface area contributed by atoms with Gasteiger partial charge in [-0.05, 0) is 18.6 Å². The maximum absolute atomic E-state index is 11.9. The van der Waals surface area contributed by atoms with Crippen LogP contribution in [0.25, 0.3) is 0 Å². The van der Waals surface area contributed by atoms with E-state index in [0.717, 1.165) is 25.0 Å². The number of rotatable bonds is 14. The topological polar surface area (TPSA) is 0 Å². The molecular formula is C16H31F3S. The summed E-state index contributed by atoms with van der Waals surface area (Å²) >= 11 is 4.19. The zero-order valence-electron chi connectivity index (χ0n) is 12.7. The van der Waals surface area contributed by atoms with Gasteiger partial charge in [0.15, 0.2) is 0 Å². The molecule has 0 nitrogen and oxygen atoms in total. The Kier molecular flexibility index (Phi) is 14.2. The molecule has 20 heavy (non-hydrogen) atoms. The Morgan fingerprint density at radius 3 is 1.10 bits per heavy atom. The molecule has 0 saturated carbocycles. The summed E-state index contributed by atoms with van der Waals surface area (Å²) in [5.41, 5.74) is 0. The van der Waals surface area contributed by atoms with Crippen LogP contribution < -0.4 is 0 Å². The van der Waals surface area contributed by atoms with Crippen LogP contribution in [0.3, 0.4) is 0 Å². The van der Waals surface area contributed by atoms with Crippen LogP contribution >= 0.6 is 12.6 Å². The fourth-order valence-electron chi connectivity index (χ4n) is 2.38. The molecule has 4 heteroatoms. The minimum Gasteiger partial charge on any atom is -0.179 e. The van der Waals surface area contributed by atoms with E-state index in [1.54, 1.807) is 0 Å². The number of hydrogen-bond acceptors (Lipinski definition) is 1.